The minimum absolute atomic E-state index is 0.198. The molecule has 0 saturated carbocycles. The Kier molecular flexibility index (Phi) is 3.44. The molecule has 0 radical (unpaired) electrons. The summed E-state index contributed by atoms with van der Waals surface area (Å²) in [5, 5.41) is 14.5. The molecule has 0 bridgehead atoms. The molecule has 3 aromatic rings. The van der Waals surface area contributed by atoms with Crippen molar-refractivity contribution in [1.82, 2.24) is 0 Å². The second-order valence-electron chi connectivity index (χ2n) is 4.77. The number of halogens is 2. The number of benzene rings is 3. The van der Waals surface area contributed by atoms with Crippen LogP contribution < -0.4 is 5.32 Å². The van der Waals surface area contributed by atoms with Gasteiger partial charge < -0.3 is 10.4 Å². The van der Waals surface area contributed by atoms with Crippen LogP contribution in [-0.2, 0) is 6.54 Å². The van der Waals surface area contributed by atoms with Crippen LogP contribution in [0.15, 0.2) is 54.6 Å². The van der Waals surface area contributed by atoms with Crippen molar-refractivity contribution in [2.24, 2.45) is 0 Å². The summed E-state index contributed by atoms with van der Waals surface area (Å²) in [6, 6.07) is 14.2. The summed E-state index contributed by atoms with van der Waals surface area (Å²) in [5.41, 5.74) is 1.17. The van der Waals surface area contributed by atoms with Gasteiger partial charge in [0.15, 0.2) is 0 Å². The van der Waals surface area contributed by atoms with E-state index in [1.165, 1.54) is 12.1 Å². The molecule has 0 heterocycles. The smallest absolute Gasteiger partial charge is 0.131 e. The predicted molar refractivity (Wildman–Crippen MR) is 79.3 cm³/mol. The third-order valence-electron chi connectivity index (χ3n) is 3.38. The number of nitrogens with one attached hydrogen (secondary N) is 1. The van der Waals surface area contributed by atoms with Crippen molar-refractivity contribution in [2.75, 3.05) is 5.32 Å². The predicted octanol–water partition coefficient (Wildman–Crippen LogP) is 4.44. The molecule has 0 aliphatic rings. The highest BCUT2D eigenvalue weighted by molar-refractivity contribution is 5.97. The van der Waals surface area contributed by atoms with Gasteiger partial charge in [-0.3, -0.25) is 0 Å². The van der Waals surface area contributed by atoms with E-state index in [9.17, 15) is 13.9 Å². The lowest BCUT2D eigenvalue weighted by Gasteiger charge is -2.11. The maximum Gasteiger partial charge on any atom is 0.131 e. The topological polar surface area (TPSA) is 32.3 Å². The quantitative estimate of drug-likeness (QED) is 0.746. The van der Waals surface area contributed by atoms with Gasteiger partial charge in [0.2, 0.25) is 0 Å². The zero-order chi connectivity index (χ0) is 14.8. The Balaban J connectivity index is 1.90. The largest absolute Gasteiger partial charge is 0.507 e. The van der Waals surface area contributed by atoms with Crippen LogP contribution in [0.4, 0.5) is 14.5 Å². The van der Waals surface area contributed by atoms with Crippen molar-refractivity contribution in [1.29, 1.82) is 0 Å². The molecule has 0 amide bonds. The molecular weight excluding hydrogens is 272 g/mol. The van der Waals surface area contributed by atoms with Gasteiger partial charge in [-0.05, 0) is 18.2 Å². The summed E-state index contributed by atoms with van der Waals surface area (Å²) in [6.45, 7) is 0.237. The molecule has 0 saturated heterocycles. The molecule has 4 heteroatoms. The molecule has 0 spiro atoms. The van der Waals surface area contributed by atoms with E-state index >= 15 is 0 Å². The zero-order valence-electron chi connectivity index (χ0n) is 11.1. The van der Waals surface area contributed by atoms with Crippen LogP contribution in [0.25, 0.3) is 10.8 Å². The highest BCUT2D eigenvalue weighted by atomic mass is 19.1. The first-order chi connectivity index (χ1) is 10.1. The summed E-state index contributed by atoms with van der Waals surface area (Å²) in [4.78, 5) is 0. The molecule has 21 heavy (non-hydrogen) atoms. The van der Waals surface area contributed by atoms with Gasteiger partial charge >= 0.3 is 0 Å². The number of aromatic hydroxyl groups is 1. The van der Waals surface area contributed by atoms with Gasteiger partial charge in [-0.15, -0.1) is 0 Å². The Hall–Kier alpha value is -2.62. The van der Waals surface area contributed by atoms with Crippen molar-refractivity contribution in [3.8, 4) is 5.75 Å². The van der Waals surface area contributed by atoms with Gasteiger partial charge in [0.25, 0.3) is 0 Å². The Morgan fingerprint density at radius 3 is 2.48 bits per heavy atom. The van der Waals surface area contributed by atoms with E-state index in [0.717, 1.165) is 22.5 Å². The number of phenols is 1. The van der Waals surface area contributed by atoms with E-state index in [-0.39, 0.29) is 12.3 Å². The summed E-state index contributed by atoms with van der Waals surface area (Å²) < 4.78 is 26.5. The molecule has 106 valence electrons. The lowest BCUT2D eigenvalue weighted by Crippen LogP contribution is -2.02. The third kappa shape index (κ3) is 2.65. The maximum atomic E-state index is 13.6. The second-order valence-corrected chi connectivity index (χ2v) is 4.77. The average molecular weight is 285 g/mol. The standard InChI is InChI=1S/C17H13F2NO/c18-12-8-7-11(15(19)9-12)10-20-16-5-1-4-14-13(16)3-2-6-17(14)21/h1-9,20-21H,10H2. The molecule has 3 aromatic carbocycles. The van der Waals surface area contributed by atoms with Crippen molar-refractivity contribution < 1.29 is 13.9 Å². The Labute approximate surface area is 120 Å². The average Bonchev–Trinajstić information content (AvgIpc) is 2.47. The number of hydrogen-bond donors (Lipinski definition) is 2. The second kappa shape index (κ2) is 5.40. The van der Waals surface area contributed by atoms with Gasteiger partial charge in [0, 0.05) is 34.6 Å². The molecule has 0 fully saturated rings. The van der Waals surface area contributed by atoms with E-state index in [1.807, 2.05) is 24.3 Å². The van der Waals surface area contributed by atoms with Gasteiger partial charge in [0.1, 0.15) is 17.4 Å². The zero-order valence-corrected chi connectivity index (χ0v) is 11.1. The normalized spacial score (nSPS) is 10.8. The van der Waals surface area contributed by atoms with E-state index in [4.69, 9.17) is 0 Å². The number of hydrogen-bond acceptors (Lipinski definition) is 2. The Bertz CT molecular complexity index is 802. The minimum atomic E-state index is -0.591. The molecule has 2 N–H and O–H groups in total. The minimum Gasteiger partial charge on any atom is -0.507 e. The first-order valence-corrected chi connectivity index (χ1v) is 6.53. The first-order valence-electron chi connectivity index (χ1n) is 6.53. The van der Waals surface area contributed by atoms with Gasteiger partial charge in [-0.1, -0.05) is 30.3 Å². The summed E-state index contributed by atoms with van der Waals surface area (Å²) in [7, 11) is 0. The van der Waals surface area contributed by atoms with Crippen molar-refractivity contribution in [3.05, 3.63) is 71.8 Å². The highest BCUT2D eigenvalue weighted by Crippen LogP contribution is 2.30. The molecule has 2 nitrogen and oxygen atoms in total. The number of anilines is 1. The van der Waals surface area contributed by atoms with Crippen LogP contribution in [0, 0.1) is 11.6 Å². The van der Waals surface area contributed by atoms with Crippen molar-refractivity contribution in [3.63, 3.8) is 0 Å². The van der Waals surface area contributed by atoms with E-state index in [2.05, 4.69) is 5.32 Å². The van der Waals surface area contributed by atoms with E-state index in [1.54, 1.807) is 12.1 Å². The van der Waals surface area contributed by atoms with Crippen LogP contribution >= 0.6 is 0 Å². The monoisotopic (exact) mass is 285 g/mol. The molecular formula is C17H13F2NO. The van der Waals surface area contributed by atoms with Crippen LogP contribution in [0.2, 0.25) is 0 Å². The van der Waals surface area contributed by atoms with Crippen LogP contribution in [0.3, 0.4) is 0 Å². The molecule has 0 aliphatic heterocycles. The Morgan fingerprint density at radius 1 is 0.905 bits per heavy atom. The number of rotatable bonds is 3. The molecule has 0 atom stereocenters. The van der Waals surface area contributed by atoms with Gasteiger partial charge in [-0.25, -0.2) is 8.78 Å². The van der Waals surface area contributed by atoms with E-state index < -0.39 is 11.6 Å². The Morgan fingerprint density at radius 2 is 1.67 bits per heavy atom. The fraction of sp³-hybridized carbons (Fsp3) is 0.0588. The van der Waals surface area contributed by atoms with Gasteiger partial charge in [-0.2, -0.15) is 0 Å². The third-order valence-corrected chi connectivity index (χ3v) is 3.38. The highest BCUT2D eigenvalue weighted by Gasteiger charge is 2.06. The van der Waals surface area contributed by atoms with Crippen LogP contribution in [0.1, 0.15) is 5.56 Å². The number of fused-ring (bicyclic) bond motifs is 1. The lowest BCUT2D eigenvalue weighted by atomic mass is 10.1. The fourth-order valence-electron chi connectivity index (χ4n) is 2.30. The van der Waals surface area contributed by atoms with Crippen molar-refractivity contribution in [2.45, 2.75) is 6.54 Å². The van der Waals surface area contributed by atoms with Crippen LogP contribution in [-0.4, -0.2) is 5.11 Å². The fourth-order valence-corrected chi connectivity index (χ4v) is 2.30. The lowest BCUT2D eigenvalue weighted by molar-refractivity contribution is 0.481. The molecule has 0 unspecified atom stereocenters. The first kappa shape index (κ1) is 13.4. The molecule has 3 rings (SSSR count). The number of phenolic OH excluding ortho intramolecular Hbond substituents is 1. The maximum absolute atomic E-state index is 13.6. The molecule has 0 aliphatic carbocycles. The van der Waals surface area contributed by atoms with Crippen molar-refractivity contribution >= 4 is 16.5 Å². The molecule has 0 aromatic heterocycles. The SMILES string of the molecule is Oc1cccc2c(NCc3ccc(F)cc3F)cccc12. The summed E-state index contributed by atoms with van der Waals surface area (Å²) in [6.07, 6.45) is 0. The summed E-state index contributed by atoms with van der Waals surface area (Å²) >= 11 is 0. The summed E-state index contributed by atoms with van der Waals surface area (Å²) in [5.74, 6) is -0.971. The van der Waals surface area contributed by atoms with Gasteiger partial charge in [0.05, 0.1) is 0 Å². The van der Waals surface area contributed by atoms with E-state index in [0.29, 0.717) is 5.56 Å². The van der Waals surface area contributed by atoms with Crippen LogP contribution in [0.5, 0.6) is 5.75 Å².